The molecule has 0 bridgehead atoms. The quantitative estimate of drug-likeness (QED) is 0.570. The summed E-state index contributed by atoms with van der Waals surface area (Å²) in [7, 11) is 0. The maximum absolute atomic E-state index is 12.7. The van der Waals surface area contributed by atoms with Crippen molar-refractivity contribution >= 4 is 23.2 Å². The number of para-hydroxylation sites is 2. The molecular weight excluding hydrogens is 374 g/mol. The number of amides is 2. The number of benzene rings is 3. The van der Waals surface area contributed by atoms with Gasteiger partial charge in [0.05, 0.1) is 18.2 Å². The van der Waals surface area contributed by atoms with Crippen LogP contribution in [0.3, 0.4) is 0 Å². The molecule has 0 radical (unpaired) electrons. The van der Waals surface area contributed by atoms with Crippen LogP contribution in [0.15, 0.2) is 78.9 Å². The van der Waals surface area contributed by atoms with Crippen LogP contribution in [0.25, 0.3) is 0 Å². The van der Waals surface area contributed by atoms with E-state index < -0.39 is 0 Å². The van der Waals surface area contributed by atoms with Crippen LogP contribution in [0.4, 0.5) is 11.4 Å². The summed E-state index contributed by atoms with van der Waals surface area (Å²) in [6.45, 7) is 0.105. The summed E-state index contributed by atoms with van der Waals surface area (Å²) in [4.78, 5) is 25.3. The van der Waals surface area contributed by atoms with Crippen molar-refractivity contribution in [3.63, 3.8) is 0 Å². The summed E-state index contributed by atoms with van der Waals surface area (Å²) in [6.07, 6.45) is 3.07. The Balaban J connectivity index is 1.39. The molecular formula is C25H25N3O2. The third-order valence-corrected chi connectivity index (χ3v) is 5.35. The number of hydrogen-bond acceptors (Lipinski definition) is 3. The predicted molar refractivity (Wildman–Crippen MR) is 120 cm³/mol. The van der Waals surface area contributed by atoms with E-state index in [0.717, 1.165) is 24.9 Å². The van der Waals surface area contributed by atoms with Gasteiger partial charge in [-0.1, -0.05) is 54.6 Å². The van der Waals surface area contributed by atoms with Gasteiger partial charge in [-0.25, -0.2) is 0 Å². The second-order valence-electron chi connectivity index (χ2n) is 7.43. The second-order valence-corrected chi connectivity index (χ2v) is 7.43. The van der Waals surface area contributed by atoms with Crippen molar-refractivity contribution in [2.24, 2.45) is 0 Å². The lowest BCUT2D eigenvalue weighted by Gasteiger charge is -2.26. The summed E-state index contributed by atoms with van der Waals surface area (Å²) in [5.41, 5.74) is 4.37. The van der Waals surface area contributed by atoms with Gasteiger partial charge in [0.25, 0.3) is 5.91 Å². The number of carbonyl (C=O) groups is 2. The molecule has 0 heterocycles. The zero-order valence-corrected chi connectivity index (χ0v) is 16.7. The van der Waals surface area contributed by atoms with Crippen LogP contribution in [0.5, 0.6) is 0 Å². The monoisotopic (exact) mass is 399 g/mol. The molecule has 5 heteroatoms. The van der Waals surface area contributed by atoms with Crippen LogP contribution in [-0.4, -0.2) is 18.4 Å². The third kappa shape index (κ3) is 4.69. The molecule has 0 saturated carbocycles. The van der Waals surface area contributed by atoms with Crippen molar-refractivity contribution in [3.8, 4) is 0 Å². The molecule has 1 atom stereocenters. The van der Waals surface area contributed by atoms with Crippen LogP contribution in [-0.2, 0) is 11.2 Å². The molecule has 0 fully saturated rings. The molecule has 5 nitrogen and oxygen atoms in total. The molecule has 0 saturated heterocycles. The minimum atomic E-state index is -0.217. The van der Waals surface area contributed by atoms with Crippen molar-refractivity contribution in [3.05, 3.63) is 95.6 Å². The van der Waals surface area contributed by atoms with Crippen LogP contribution < -0.4 is 16.0 Å². The number of fused-ring (bicyclic) bond motifs is 1. The fourth-order valence-corrected chi connectivity index (χ4v) is 3.88. The molecule has 2 amide bonds. The standard InChI is InChI=1S/C25H25N3O2/c29-24(28-23-16-8-10-18-9-4-5-13-20(18)23)17-26-22-15-7-6-14-21(22)25(30)27-19-11-2-1-3-12-19/h1-7,9,11-15,23,26H,8,10,16-17H2,(H,27,30)(H,28,29). The lowest BCUT2D eigenvalue weighted by Crippen LogP contribution is -2.35. The Morgan fingerprint density at radius 2 is 1.60 bits per heavy atom. The zero-order valence-electron chi connectivity index (χ0n) is 16.7. The zero-order chi connectivity index (χ0) is 20.8. The highest BCUT2D eigenvalue weighted by atomic mass is 16.2. The molecule has 30 heavy (non-hydrogen) atoms. The average Bonchev–Trinajstić information content (AvgIpc) is 2.79. The van der Waals surface area contributed by atoms with Gasteiger partial charge in [-0.2, -0.15) is 0 Å². The van der Waals surface area contributed by atoms with E-state index in [2.05, 4.69) is 28.1 Å². The Morgan fingerprint density at radius 3 is 2.47 bits per heavy atom. The van der Waals surface area contributed by atoms with Crippen LogP contribution in [0.2, 0.25) is 0 Å². The minimum Gasteiger partial charge on any atom is -0.376 e. The van der Waals surface area contributed by atoms with Crippen molar-refractivity contribution in [1.29, 1.82) is 0 Å². The summed E-state index contributed by atoms with van der Waals surface area (Å²) < 4.78 is 0. The number of nitrogens with one attached hydrogen (secondary N) is 3. The number of hydrogen-bond donors (Lipinski definition) is 3. The van der Waals surface area contributed by atoms with Gasteiger partial charge in [0.1, 0.15) is 0 Å². The van der Waals surface area contributed by atoms with Crippen molar-refractivity contribution in [1.82, 2.24) is 5.32 Å². The average molecular weight is 399 g/mol. The van der Waals surface area contributed by atoms with Gasteiger partial charge in [-0.15, -0.1) is 0 Å². The molecule has 3 N–H and O–H groups in total. The van der Waals surface area contributed by atoms with Crippen molar-refractivity contribution < 1.29 is 9.59 Å². The molecule has 3 aromatic rings. The lowest BCUT2D eigenvalue weighted by molar-refractivity contribution is -0.120. The molecule has 1 aliphatic rings. The Hall–Kier alpha value is -3.60. The fourth-order valence-electron chi connectivity index (χ4n) is 3.88. The van der Waals surface area contributed by atoms with Gasteiger partial charge in [-0.05, 0) is 54.7 Å². The molecule has 1 unspecified atom stereocenters. The van der Waals surface area contributed by atoms with E-state index in [4.69, 9.17) is 0 Å². The van der Waals surface area contributed by atoms with E-state index in [9.17, 15) is 9.59 Å². The normalized spacial score (nSPS) is 15.0. The third-order valence-electron chi connectivity index (χ3n) is 5.35. The SMILES string of the molecule is O=C(CNc1ccccc1C(=O)Nc1ccccc1)NC1CCCc2ccccc21. The van der Waals surface area contributed by atoms with E-state index in [0.29, 0.717) is 11.3 Å². The van der Waals surface area contributed by atoms with E-state index in [1.807, 2.05) is 60.7 Å². The van der Waals surface area contributed by atoms with Gasteiger partial charge in [0, 0.05) is 11.4 Å². The molecule has 3 aromatic carbocycles. The highest BCUT2D eigenvalue weighted by Gasteiger charge is 2.21. The highest BCUT2D eigenvalue weighted by Crippen LogP contribution is 2.29. The summed E-state index contributed by atoms with van der Waals surface area (Å²) in [5, 5.41) is 9.14. The van der Waals surface area contributed by atoms with Gasteiger partial charge < -0.3 is 16.0 Å². The summed E-state index contributed by atoms with van der Waals surface area (Å²) in [6, 6.07) is 24.8. The van der Waals surface area contributed by atoms with Gasteiger partial charge in [0.15, 0.2) is 0 Å². The van der Waals surface area contributed by atoms with Crippen LogP contribution >= 0.6 is 0 Å². The number of aryl methyl sites for hydroxylation is 1. The molecule has 0 aliphatic heterocycles. The van der Waals surface area contributed by atoms with Gasteiger partial charge >= 0.3 is 0 Å². The highest BCUT2D eigenvalue weighted by molar-refractivity contribution is 6.08. The van der Waals surface area contributed by atoms with E-state index in [1.165, 1.54) is 11.1 Å². The Kier molecular flexibility index (Phi) is 6.09. The summed E-state index contributed by atoms with van der Waals surface area (Å²) >= 11 is 0. The fraction of sp³-hybridized carbons (Fsp3) is 0.200. The van der Waals surface area contributed by atoms with E-state index >= 15 is 0 Å². The summed E-state index contributed by atoms with van der Waals surface area (Å²) in [5.74, 6) is -0.305. The first kappa shape index (κ1) is 19.7. The molecule has 4 rings (SSSR count). The Labute approximate surface area is 176 Å². The predicted octanol–water partition coefficient (Wildman–Crippen LogP) is 4.54. The number of carbonyl (C=O) groups excluding carboxylic acids is 2. The van der Waals surface area contributed by atoms with Crippen LogP contribution in [0, 0.1) is 0 Å². The molecule has 0 spiro atoms. The molecule has 0 aromatic heterocycles. The second kappa shape index (κ2) is 9.27. The van der Waals surface area contributed by atoms with Crippen LogP contribution in [0.1, 0.15) is 40.4 Å². The number of rotatable bonds is 6. The molecule has 152 valence electrons. The Bertz CT molecular complexity index is 1030. The first-order chi connectivity index (χ1) is 14.7. The smallest absolute Gasteiger partial charge is 0.257 e. The van der Waals surface area contributed by atoms with Gasteiger partial charge in [0.2, 0.25) is 5.91 Å². The maximum Gasteiger partial charge on any atom is 0.257 e. The topological polar surface area (TPSA) is 70.2 Å². The number of anilines is 2. The van der Waals surface area contributed by atoms with E-state index in [-0.39, 0.29) is 24.4 Å². The molecule has 1 aliphatic carbocycles. The Morgan fingerprint density at radius 1 is 0.867 bits per heavy atom. The lowest BCUT2D eigenvalue weighted by atomic mass is 9.88. The maximum atomic E-state index is 12.7. The van der Waals surface area contributed by atoms with Crippen molar-refractivity contribution in [2.45, 2.75) is 25.3 Å². The first-order valence-electron chi connectivity index (χ1n) is 10.3. The largest absolute Gasteiger partial charge is 0.376 e. The van der Waals surface area contributed by atoms with Gasteiger partial charge in [-0.3, -0.25) is 9.59 Å². The minimum absolute atomic E-state index is 0.0425. The van der Waals surface area contributed by atoms with Crippen molar-refractivity contribution in [2.75, 3.05) is 17.2 Å². The van der Waals surface area contributed by atoms with E-state index in [1.54, 1.807) is 6.07 Å². The first-order valence-corrected chi connectivity index (χ1v) is 10.3.